The van der Waals surface area contributed by atoms with Crippen LogP contribution in [0.1, 0.15) is 61.1 Å². The highest BCUT2D eigenvalue weighted by Gasteiger charge is 2.34. The summed E-state index contributed by atoms with van der Waals surface area (Å²) in [7, 11) is 0. The predicted octanol–water partition coefficient (Wildman–Crippen LogP) is 4.38. The zero-order chi connectivity index (χ0) is 25.4. The molecule has 0 bridgehead atoms. The summed E-state index contributed by atoms with van der Waals surface area (Å²) in [6.07, 6.45) is 5.68. The van der Waals surface area contributed by atoms with Gasteiger partial charge in [-0.15, -0.1) is 5.10 Å². The molecule has 1 atom stereocenters. The van der Waals surface area contributed by atoms with Crippen LogP contribution in [0, 0.1) is 12.7 Å². The lowest BCUT2D eigenvalue weighted by atomic mass is 9.95. The Balaban J connectivity index is 1.38. The Morgan fingerprint density at radius 2 is 1.73 bits per heavy atom. The summed E-state index contributed by atoms with van der Waals surface area (Å²) in [5.41, 5.74) is 3.53. The number of pyridine rings is 1. The van der Waals surface area contributed by atoms with Gasteiger partial charge in [0.05, 0.1) is 6.04 Å². The monoisotopic (exact) mass is 501 g/mol. The molecule has 192 valence electrons. The van der Waals surface area contributed by atoms with E-state index in [-0.39, 0.29) is 23.5 Å². The van der Waals surface area contributed by atoms with E-state index < -0.39 is 0 Å². The molecule has 2 aromatic carbocycles. The van der Waals surface area contributed by atoms with Gasteiger partial charge in [0.2, 0.25) is 0 Å². The van der Waals surface area contributed by atoms with Crippen molar-refractivity contribution in [3.05, 3.63) is 81.7 Å². The van der Waals surface area contributed by atoms with Crippen molar-refractivity contribution in [3.63, 3.8) is 0 Å². The van der Waals surface area contributed by atoms with E-state index in [1.807, 2.05) is 35.0 Å². The SMILES string of the molecule is Cc1ccc2[nH]c(=O)c([C@H](c3nnnn3C3CCCCC3)N3CCN(c4ccc(F)cc4)CC3)cc2c1. The van der Waals surface area contributed by atoms with Gasteiger partial charge < -0.3 is 9.88 Å². The Kier molecular flexibility index (Phi) is 6.46. The van der Waals surface area contributed by atoms with E-state index in [0.717, 1.165) is 67.0 Å². The van der Waals surface area contributed by atoms with E-state index in [4.69, 9.17) is 0 Å². The minimum Gasteiger partial charge on any atom is -0.369 e. The maximum Gasteiger partial charge on any atom is 0.253 e. The molecule has 1 aliphatic heterocycles. The first-order valence-electron chi connectivity index (χ1n) is 13.2. The number of hydrogen-bond acceptors (Lipinski definition) is 6. The lowest BCUT2D eigenvalue weighted by molar-refractivity contribution is 0.192. The molecule has 0 spiro atoms. The van der Waals surface area contributed by atoms with Crippen LogP contribution in [0.5, 0.6) is 0 Å². The third-order valence-electron chi connectivity index (χ3n) is 7.88. The van der Waals surface area contributed by atoms with Gasteiger partial charge >= 0.3 is 0 Å². The number of fused-ring (bicyclic) bond motifs is 1. The fourth-order valence-corrected chi connectivity index (χ4v) is 5.90. The molecule has 2 fully saturated rings. The van der Waals surface area contributed by atoms with E-state index in [0.29, 0.717) is 5.56 Å². The van der Waals surface area contributed by atoms with Crippen LogP contribution in [-0.4, -0.2) is 56.3 Å². The minimum atomic E-state index is -0.360. The zero-order valence-electron chi connectivity index (χ0n) is 21.1. The predicted molar refractivity (Wildman–Crippen MR) is 141 cm³/mol. The molecule has 9 heteroatoms. The van der Waals surface area contributed by atoms with Crippen LogP contribution in [-0.2, 0) is 0 Å². The first-order valence-corrected chi connectivity index (χ1v) is 13.2. The van der Waals surface area contributed by atoms with Gasteiger partial charge in [0, 0.05) is 42.9 Å². The molecule has 37 heavy (non-hydrogen) atoms. The minimum absolute atomic E-state index is 0.111. The maximum absolute atomic E-state index is 13.5. The summed E-state index contributed by atoms with van der Waals surface area (Å²) >= 11 is 0. The van der Waals surface area contributed by atoms with Crippen LogP contribution in [0.4, 0.5) is 10.1 Å². The van der Waals surface area contributed by atoms with Crippen molar-refractivity contribution in [1.29, 1.82) is 0 Å². The molecular weight excluding hydrogens is 469 g/mol. The van der Waals surface area contributed by atoms with E-state index in [1.165, 1.54) is 31.4 Å². The number of aromatic nitrogens is 5. The van der Waals surface area contributed by atoms with Crippen molar-refractivity contribution in [2.45, 2.75) is 51.1 Å². The molecule has 0 radical (unpaired) electrons. The Morgan fingerprint density at radius 3 is 2.49 bits per heavy atom. The van der Waals surface area contributed by atoms with Gasteiger partial charge in [-0.1, -0.05) is 30.9 Å². The fraction of sp³-hybridized carbons (Fsp3) is 0.429. The first kappa shape index (κ1) is 23.8. The number of H-pyrrole nitrogens is 1. The van der Waals surface area contributed by atoms with E-state index in [1.54, 1.807) is 0 Å². The quantitative estimate of drug-likeness (QED) is 0.437. The van der Waals surface area contributed by atoms with Crippen LogP contribution < -0.4 is 10.5 Å². The number of aryl methyl sites for hydroxylation is 1. The molecule has 1 saturated carbocycles. The molecule has 1 saturated heterocycles. The maximum atomic E-state index is 13.5. The number of nitrogens with zero attached hydrogens (tertiary/aromatic N) is 6. The normalized spacial score (nSPS) is 18.4. The smallest absolute Gasteiger partial charge is 0.253 e. The summed E-state index contributed by atoms with van der Waals surface area (Å²) in [6, 6.07) is 14.6. The lowest BCUT2D eigenvalue weighted by Gasteiger charge is -2.40. The molecule has 0 unspecified atom stereocenters. The van der Waals surface area contributed by atoms with Gasteiger partial charge in [-0.3, -0.25) is 9.69 Å². The molecule has 2 aromatic heterocycles. The number of piperazine rings is 1. The molecule has 3 heterocycles. The Morgan fingerprint density at radius 1 is 0.973 bits per heavy atom. The highest BCUT2D eigenvalue weighted by atomic mass is 19.1. The summed E-state index contributed by atoms with van der Waals surface area (Å²) < 4.78 is 15.4. The van der Waals surface area contributed by atoms with Crippen molar-refractivity contribution in [3.8, 4) is 0 Å². The van der Waals surface area contributed by atoms with E-state index in [2.05, 4.69) is 43.3 Å². The standard InChI is InChI=1S/C28H32FN7O/c1-19-7-12-25-20(17-19)18-24(28(37)30-25)26(27-31-32-33-36(27)23-5-3-2-4-6-23)35-15-13-34(14-16-35)22-10-8-21(29)9-11-22/h7-12,17-18,23,26H,2-6,13-16H2,1H3,(H,30,37)/t26-/m1/s1. The van der Waals surface area contributed by atoms with Crippen molar-refractivity contribution in [1.82, 2.24) is 30.1 Å². The molecular formula is C28H32FN7O. The second-order valence-corrected chi connectivity index (χ2v) is 10.3. The number of tetrazole rings is 1. The average molecular weight is 502 g/mol. The number of anilines is 1. The van der Waals surface area contributed by atoms with Crippen LogP contribution in [0.2, 0.25) is 0 Å². The van der Waals surface area contributed by atoms with Crippen molar-refractivity contribution in [2.24, 2.45) is 0 Å². The van der Waals surface area contributed by atoms with Gasteiger partial charge in [0.25, 0.3) is 5.56 Å². The second kappa shape index (κ2) is 10.0. The lowest BCUT2D eigenvalue weighted by Crippen LogP contribution is -2.49. The number of nitrogens with one attached hydrogen (secondary N) is 1. The third-order valence-corrected chi connectivity index (χ3v) is 7.88. The van der Waals surface area contributed by atoms with Crippen molar-refractivity contribution < 1.29 is 4.39 Å². The van der Waals surface area contributed by atoms with Crippen LogP contribution in [0.25, 0.3) is 10.9 Å². The summed E-state index contributed by atoms with van der Waals surface area (Å²) in [5.74, 6) is 0.502. The summed E-state index contributed by atoms with van der Waals surface area (Å²) in [6.45, 7) is 5.03. The summed E-state index contributed by atoms with van der Waals surface area (Å²) in [5, 5.41) is 14.0. The first-order chi connectivity index (χ1) is 18.1. The molecule has 6 rings (SSSR count). The van der Waals surface area contributed by atoms with Crippen molar-refractivity contribution >= 4 is 16.6 Å². The average Bonchev–Trinajstić information content (AvgIpc) is 3.40. The molecule has 4 aromatic rings. The number of hydrogen-bond donors (Lipinski definition) is 1. The van der Waals surface area contributed by atoms with Gasteiger partial charge in [0.15, 0.2) is 5.82 Å². The molecule has 0 amide bonds. The number of halogens is 1. The molecule has 1 aliphatic carbocycles. The van der Waals surface area contributed by atoms with Crippen molar-refractivity contribution in [2.75, 3.05) is 31.1 Å². The Labute approximate surface area is 215 Å². The highest BCUT2D eigenvalue weighted by Crippen LogP contribution is 2.34. The van der Waals surface area contributed by atoms with Crippen LogP contribution in [0.15, 0.2) is 53.3 Å². The topological polar surface area (TPSA) is 82.9 Å². The highest BCUT2D eigenvalue weighted by molar-refractivity contribution is 5.79. The molecule has 1 N–H and O–H groups in total. The van der Waals surface area contributed by atoms with Gasteiger partial charge in [-0.25, -0.2) is 9.07 Å². The number of rotatable bonds is 5. The molecule has 8 nitrogen and oxygen atoms in total. The van der Waals surface area contributed by atoms with Gasteiger partial charge in [0.1, 0.15) is 11.9 Å². The van der Waals surface area contributed by atoms with Gasteiger partial charge in [-0.2, -0.15) is 0 Å². The second-order valence-electron chi connectivity index (χ2n) is 10.3. The third kappa shape index (κ3) is 4.75. The van der Waals surface area contributed by atoms with Crippen LogP contribution in [0.3, 0.4) is 0 Å². The number of aromatic amines is 1. The van der Waals surface area contributed by atoms with E-state index in [9.17, 15) is 9.18 Å². The van der Waals surface area contributed by atoms with E-state index >= 15 is 0 Å². The number of benzene rings is 2. The Bertz CT molecular complexity index is 1430. The zero-order valence-corrected chi connectivity index (χ0v) is 21.1. The fourth-order valence-electron chi connectivity index (χ4n) is 5.90. The van der Waals surface area contributed by atoms with Gasteiger partial charge in [-0.05, 0) is 78.0 Å². The van der Waals surface area contributed by atoms with Crippen LogP contribution >= 0.6 is 0 Å². The Hall–Kier alpha value is -3.59. The molecule has 2 aliphatic rings. The largest absolute Gasteiger partial charge is 0.369 e. The summed E-state index contributed by atoms with van der Waals surface area (Å²) in [4.78, 5) is 21.2.